The average Bonchev–Trinajstić information content (AvgIpc) is 2.57. The van der Waals surface area contributed by atoms with Gasteiger partial charge in [-0.15, -0.1) is 0 Å². The third kappa shape index (κ3) is 6.25. The van der Waals surface area contributed by atoms with Gasteiger partial charge in [0.05, 0.1) is 13.0 Å². The SMILES string of the molecule is CC(C)(C)NCc1nc(CCC(F)(F)F)no1. The van der Waals surface area contributed by atoms with Crippen molar-refractivity contribution >= 4 is 0 Å². The van der Waals surface area contributed by atoms with E-state index >= 15 is 0 Å². The highest BCUT2D eigenvalue weighted by molar-refractivity contribution is 4.88. The lowest BCUT2D eigenvalue weighted by molar-refractivity contribution is -0.134. The topological polar surface area (TPSA) is 51.0 Å². The van der Waals surface area contributed by atoms with Crippen LogP contribution in [0.3, 0.4) is 0 Å². The van der Waals surface area contributed by atoms with Gasteiger partial charge < -0.3 is 9.84 Å². The second-order valence-electron chi connectivity index (χ2n) is 4.82. The number of hydrogen-bond donors (Lipinski definition) is 1. The molecule has 1 aromatic heterocycles. The second-order valence-corrected chi connectivity index (χ2v) is 4.82. The van der Waals surface area contributed by atoms with E-state index in [9.17, 15) is 13.2 Å². The molecule has 7 heteroatoms. The Morgan fingerprint density at radius 1 is 1.24 bits per heavy atom. The van der Waals surface area contributed by atoms with Crippen LogP contribution in [0, 0.1) is 0 Å². The lowest BCUT2D eigenvalue weighted by Crippen LogP contribution is -2.35. The highest BCUT2D eigenvalue weighted by Gasteiger charge is 2.27. The van der Waals surface area contributed by atoms with Crippen LogP contribution in [0.4, 0.5) is 13.2 Å². The minimum absolute atomic E-state index is 0.0908. The third-order valence-corrected chi connectivity index (χ3v) is 1.91. The van der Waals surface area contributed by atoms with E-state index in [1.165, 1.54) is 0 Å². The molecule has 17 heavy (non-hydrogen) atoms. The van der Waals surface area contributed by atoms with E-state index in [1.54, 1.807) is 0 Å². The van der Waals surface area contributed by atoms with Crippen LogP contribution in [0.1, 0.15) is 38.9 Å². The summed E-state index contributed by atoms with van der Waals surface area (Å²) in [6.07, 6.45) is -5.37. The zero-order valence-electron chi connectivity index (χ0n) is 10.1. The first-order valence-electron chi connectivity index (χ1n) is 5.29. The Hall–Kier alpha value is -1.11. The highest BCUT2D eigenvalue weighted by atomic mass is 19.4. The fourth-order valence-corrected chi connectivity index (χ4v) is 1.06. The van der Waals surface area contributed by atoms with Crippen molar-refractivity contribution in [1.82, 2.24) is 15.5 Å². The largest absolute Gasteiger partial charge is 0.389 e. The fraction of sp³-hybridized carbons (Fsp3) is 0.800. The predicted molar refractivity (Wildman–Crippen MR) is 55.3 cm³/mol. The standard InChI is InChI=1S/C10H16F3N3O/c1-9(2,3)14-6-8-15-7(16-17-8)4-5-10(11,12)13/h14H,4-6H2,1-3H3. The molecule has 0 aliphatic carbocycles. The normalized spacial score (nSPS) is 13.1. The third-order valence-electron chi connectivity index (χ3n) is 1.91. The lowest BCUT2D eigenvalue weighted by Gasteiger charge is -2.18. The molecular formula is C10H16F3N3O. The first-order valence-corrected chi connectivity index (χ1v) is 5.29. The van der Waals surface area contributed by atoms with Gasteiger partial charge in [-0.1, -0.05) is 5.16 Å². The summed E-state index contributed by atoms with van der Waals surface area (Å²) in [4.78, 5) is 3.88. The lowest BCUT2D eigenvalue weighted by atomic mass is 10.1. The summed E-state index contributed by atoms with van der Waals surface area (Å²) in [5, 5.41) is 6.60. The first-order chi connectivity index (χ1) is 7.66. The highest BCUT2D eigenvalue weighted by Crippen LogP contribution is 2.21. The molecule has 0 aromatic carbocycles. The van der Waals surface area contributed by atoms with E-state index in [0.717, 1.165) is 0 Å². The Morgan fingerprint density at radius 3 is 2.41 bits per heavy atom. The molecule has 0 amide bonds. The van der Waals surface area contributed by atoms with Gasteiger partial charge in [0.2, 0.25) is 5.89 Å². The maximum atomic E-state index is 12.0. The van der Waals surface area contributed by atoms with Crippen molar-refractivity contribution in [2.75, 3.05) is 0 Å². The van der Waals surface area contributed by atoms with Crippen molar-refractivity contribution < 1.29 is 17.7 Å². The molecule has 1 aromatic rings. The van der Waals surface area contributed by atoms with E-state index in [2.05, 4.69) is 15.5 Å². The summed E-state index contributed by atoms with van der Waals surface area (Å²) in [5.41, 5.74) is -0.111. The number of halogens is 3. The van der Waals surface area contributed by atoms with Crippen molar-refractivity contribution in [2.24, 2.45) is 0 Å². The number of aromatic nitrogens is 2. The number of hydrogen-bond acceptors (Lipinski definition) is 4. The van der Waals surface area contributed by atoms with Crippen molar-refractivity contribution in [3.05, 3.63) is 11.7 Å². The van der Waals surface area contributed by atoms with E-state index in [0.29, 0.717) is 12.4 Å². The van der Waals surface area contributed by atoms with Crippen LogP contribution < -0.4 is 5.32 Å². The molecule has 1 N–H and O–H groups in total. The summed E-state index contributed by atoms with van der Waals surface area (Å²) in [6, 6.07) is 0. The molecule has 0 unspecified atom stereocenters. The molecular weight excluding hydrogens is 235 g/mol. The summed E-state index contributed by atoms with van der Waals surface area (Å²) in [7, 11) is 0. The van der Waals surface area contributed by atoms with Gasteiger partial charge in [0.1, 0.15) is 0 Å². The van der Waals surface area contributed by atoms with Crippen molar-refractivity contribution in [3.8, 4) is 0 Å². The maximum absolute atomic E-state index is 12.0. The van der Waals surface area contributed by atoms with Crippen LogP contribution in [0.15, 0.2) is 4.52 Å². The van der Waals surface area contributed by atoms with Crippen LogP contribution in [0.2, 0.25) is 0 Å². The number of rotatable bonds is 4. The van der Waals surface area contributed by atoms with Crippen LogP contribution in [0.5, 0.6) is 0 Å². The molecule has 4 nitrogen and oxygen atoms in total. The molecule has 0 atom stereocenters. The molecule has 1 rings (SSSR count). The average molecular weight is 251 g/mol. The summed E-state index contributed by atoms with van der Waals surface area (Å²) in [6.45, 7) is 6.25. The maximum Gasteiger partial charge on any atom is 0.389 e. The number of alkyl halides is 3. The first kappa shape index (κ1) is 14.0. The van der Waals surface area contributed by atoms with Gasteiger partial charge in [-0.3, -0.25) is 0 Å². The minimum Gasteiger partial charge on any atom is -0.338 e. The number of aryl methyl sites for hydroxylation is 1. The van der Waals surface area contributed by atoms with Gasteiger partial charge >= 0.3 is 6.18 Å². The summed E-state index contributed by atoms with van der Waals surface area (Å²) in [5.74, 6) is 0.394. The fourth-order valence-electron chi connectivity index (χ4n) is 1.06. The van der Waals surface area contributed by atoms with E-state index in [1.807, 2.05) is 20.8 Å². The van der Waals surface area contributed by atoms with Crippen LogP contribution >= 0.6 is 0 Å². The molecule has 0 saturated heterocycles. The van der Waals surface area contributed by atoms with Gasteiger partial charge in [-0.05, 0) is 20.8 Å². The zero-order chi connectivity index (χ0) is 13.1. The molecule has 0 saturated carbocycles. The molecule has 0 fully saturated rings. The molecule has 0 aliphatic rings. The Labute approximate surface area is 97.6 Å². The van der Waals surface area contributed by atoms with E-state index in [4.69, 9.17) is 4.52 Å². The van der Waals surface area contributed by atoms with Gasteiger partial charge in [-0.25, -0.2) is 0 Å². The number of nitrogens with zero attached hydrogens (tertiary/aromatic N) is 2. The van der Waals surface area contributed by atoms with Gasteiger partial charge in [0.15, 0.2) is 5.82 Å². The van der Waals surface area contributed by atoms with Gasteiger partial charge in [-0.2, -0.15) is 18.2 Å². The van der Waals surface area contributed by atoms with Crippen molar-refractivity contribution in [3.63, 3.8) is 0 Å². The van der Waals surface area contributed by atoms with E-state index in [-0.39, 0.29) is 17.8 Å². The van der Waals surface area contributed by atoms with Crippen LogP contribution in [-0.4, -0.2) is 21.9 Å². The van der Waals surface area contributed by atoms with Crippen molar-refractivity contribution in [1.29, 1.82) is 0 Å². The zero-order valence-corrected chi connectivity index (χ0v) is 10.1. The van der Waals surface area contributed by atoms with E-state index < -0.39 is 12.6 Å². The summed E-state index contributed by atoms with van der Waals surface area (Å²) < 4.78 is 40.7. The van der Waals surface area contributed by atoms with Gasteiger partial charge in [0, 0.05) is 12.0 Å². The molecule has 0 radical (unpaired) electrons. The monoisotopic (exact) mass is 251 g/mol. The molecule has 0 aliphatic heterocycles. The Balaban J connectivity index is 2.43. The molecule has 98 valence electrons. The second kappa shape index (κ2) is 5.03. The Morgan fingerprint density at radius 2 is 1.88 bits per heavy atom. The molecule has 0 bridgehead atoms. The minimum atomic E-state index is -4.19. The van der Waals surface area contributed by atoms with Crippen LogP contribution in [-0.2, 0) is 13.0 Å². The smallest absolute Gasteiger partial charge is 0.338 e. The number of nitrogens with one attached hydrogen (secondary N) is 1. The quantitative estimate of drug-likeness (QED) is 0.893. The Bertz CT molecular complexity index is 322. The molecule has 0 spiro atoms. The summed E-state index contributed by atoms with van der Waals surface area (Å²) >= 11 is 0. The van der Waals surface area contributed by atoms with Crippen LogP contribution in [0.25, 0.3) is 0 Å². The Kier molecular flexibility index (Phi) is 4.13. The van der Waals surface area contributed by atoms with Crippen molar-refractivity contribution in [2.45, 2.75) is 51.9 Å². The predicted octanol–water partition coefficient (Wildman–Crippen LogP) is 2.45. The van der Waals surface area contributed by atoms with Gasteiger partial charge in [0.25, 0.3) is 0 Å². The molecule has 1 heterocycles.